The van der Waals surface area contributed by atoms with E-state index in [2.05, 4.69) is 14.5 Å². The van der Waals surface area contributed by atoms with Crippen molar-refractivity contribution in [3.8, 4) is 0 Å². The number of pyridine rings is 1. The highest BCUT2D eigenvalue weighted by atomic mass is 35.5. The molecule has 0 aromatic carbocycles. The maximum Gasteiger partial charge on any atom is 0.160 e. The number of nitrogens with zero attached hydrogens (tertiary/aromatic N) is 3. The summed E-state index contributed by atoms with van der Waals surface area (Å²) in [5.74, 6) is 1.30. The molecule has 2 aromatic rings. The lowest BCUT2D eigenvalue weighted by molar-refractivity contribution is 0.186. The van der Waals surface area contributed by atoms with Gasteiger partial charge >= 0.3 is 0 Å². The number of imidazole rings is 1. The van der Waals surface area contributed by atoms with Gasteiger partial charge < -0.3 is 9.30 Å². The van der Waals surface area contributed by atoms with E-state index in [1.54, 1.807) is 0 Å². The molecule has 0 radical (unpaired) electrons. The number of fused-ring (bicyclic) bond motifs is 1. The number of hydrogen-bond acceptors (Lipinski definition) is 3. The summed E-state index contributed by atoms with van der Waals surface area (Å²) >= 11 is 5.98. The molecule has 1 saturated heterocycles. The number of aryl methyl sites for hydroxylation is 1. The molecule has 0 aliphatic carbocycles. The van der Waals surface area contributed by atoms with E-state index in [0.29, 0.717) is 11.9 Å². The zero-order chi connectivity index (χ0) is 11.8. The first kappa shape index (κ1) is 11.0. The zero-order valence-corrected chi connectivity index (χ0v) is 10.4. The predicted octanol–water partition coefficient (Wildman–Crippen LogP) is 2.44. The number of hydrogen-bond donors (Lipinski definition) is 0. The van der Waals surface area contributed by atoms with E-state index < -0.39 is 0 Å². The van der Waals surface area contributed by atoms with Gasteiger partial charge in [0.25, 0.3) is 0 Å². The molecule has 0 bridgehead atoms. The molecule has 90 valence electrons. The van der Waals surface area contributed by atoms with Gasteiger partial charge in [-0.3, -0.25) is 0 Å². The Bertz CT molecular complexity index is 546. The maximum atomic E-state index is 5.98. The molecule has 0 spiro atoms. The Balaban J connectivity index is 2.22. The van der Waals surface area contributed by atoms with Crippen molar-refractivity contribution in [2.75, 3.05) is 13.2 Å². The molecule has 3 heterocycles. The summed E-state index contributed by atoms with van der Waals surface area (Å²) in [4.78, 5) is 9.03. The van der Waals surface area contributed by atoms with Crippen LogP contribution in [0.3, 0.4) is 0 Å². The van der Waals surface area contributed by atoms with Crippen LogP contribution in [0, 0.1) is 6.92 Å². The van der Waals surface area contributed by atoms with Gasteiger partial charge in [-0.1, -0.05) is 0 Å². The number of aromatic nitrogens is 3. The van der Waals surface area contributed by atoms with Crippen LogP contribution in [0.1, 0.15) is 23.9 Å². The molecule has 0 amide bonds. The molecular weight excluding hydrogens is 238 g/mol. The minimum Gasteiger partial charge on any atom is -0.379 e. The van der Waals surface area contributed by atoms with Gasteiger partial charge in [0.15, 0.2) is 5.65 Å². The van der Waals surface area contributed by atoms with Crippen molar-refractivity contribution in [3.05, 3.63) is 23.7 Å². The first-order valence-corrected chi connectivity index (χ1v) is 6.31. The fourth-order valence-corrected chi connectivity index (χ4v) is 2.55. The van der Waals surface area contributed by atoms with Crippen molar-refractivity contribution < 1.29 is 4.74 Å². The van der Waals surface area contributed by atoms with E-state index in [-0.39, 0.29) is 0 Å². The zero-order valence-electron chi connectivity index (χ0n) is 9.69. The first-order chi connectivity index (χ1) is 8.31. The monoisotopic (exact) mass is 251 g/mol. The van der Waals surface area contributed by atoms with Crippen molar-refractivity contribution >= 4 is 22.8 Å². The summed E-state index contributed by atoms with van der Waals surface area (Å²) in [6.45, 7) is 3.58. The summed E-state index contributed by atoms with van der Waals surface area (Å²) < 4.78 is 7.58. The molecular formula is C12H14ClN3O. The lowest BCUT2D eigenvalue weighted by atomic mass is 10.2. The van der Waals surface area contributed by atoms with Crippen molar-refractivity contribution in [2.45, 2.75) is 25.3 Å². The molecule has 17 heavy (non-hydrogen) atoms. The van der Waals surface area contributed by atoms with Crippen LogP contribution in [-0.4, -0.2) is 27.7 Å². The Kier molecular flexibility index (Phi) is 2.76. The van der Waals surface area contributed by atoms with Gasteiger partial charge in [0.05, 0.1) is 18.5 Å². The van der Waals surface area contributed by atoms with Gasteiger partial charge in [-0.25, -0.2) is 9.97 Å². The third-order valence-electron chi connectivity index (χ3n) is 3.24. The SMILES string of the molecule is Cc1ccnc2c1nc(CCl)n2C1CCOC1. The normalized spacial score (nSPS) is 20.2. The van der Waals surface area contributed by atoms with Crippen LogP contribution in [0.25, 0.3) is 11.2 Å². The van der Waals surface area contributed by atoms with Crippen LogP contribution < -0.4 is 0 Å². The highest BCUT2D eigenvalue weighted by Crippen LogP contribution is 2.27. The molecule has 1 unspecified atom stereocenters. The van der Waals surface area contributed by atoms with Crippen LogP contribution >= 0.6 is 11.6 Å². The average molecular weight is 252 g/mol. The third kappa shape index (κ3) is 1.72. The van der Waals surface area contributed by atoms with E-state index in [4.69, 9.17) is 16.3 Å². The quantitative estimate of drug-likeness (QED) is 0.770. The summed E-state index contributed by atoms with van der Waals surface area (Å²) in [6, 6.07) is 2.30. The first-order valence-electron chi connectivity index (χ1n) is 5.77. The van der Waals surface area contributed by atoms with Crippen molar-refractivity contribution in [1.29, 1.82) is 0 Å². The van der Waals surface area contributed by atoms with Gasteiger partial charge in [-0.05, 0) is 25.0 Å². The Morgan fingerprint density at radius 1 is 1.59 bits per heavy atom. The molecule has 5 heteroatoms. The van der Waals surface area contributed by atoms with Gasteiger partial charge in [-0.15, -0.1) is 11.6 Å². The molecule has 1 atom stereocenters. The summed E-state index contributed by atoms with van der Waals surface area (Å²) in [6.07, 6.45) is 2.83. The van der Waals surface area contributed by atoms with Crippen molar-refractivity contribution in [3.63, 3.8) is 0 Å². The van der Waals surface area contributed by atoms with Crippen LogP contribution in [0.5, 0.6) is 0 Å². The number of rotatable bonds is 2. The average Bonchev–Trinajstić information content (AvgIpc) is 2.94. The van der Waals surface area contributed by atoms with Crippen LogP contribution in [0.4, 0.5) is 0 Å². The van der Waals surface area contributed by atoms with Gasteiger partial charge in [0.1, 0.15) is 11.3 Å². The third-order valence-corrected chi connectivity index (χ3v) is 3.48. The number of halogens is 1. The molecule has 3 rings (SSSR count). The fraction of sp³-hybridized carbons (Fsp3) is 0.500. The Morgan fingerprint density at radius 3 is 3.18 bits per heavy atom. The summed E-state index contributed by atoms with van der Waals surface area (Å²) in [5.41, 5.74) is 3.02. The highest BCUT2D eigenvalue weighted by Gasteiger charge is 2.23. The Hall–Kier alpha value is -1.13. The minimum atomic E-state index is 0.322. The van der Waals surface area contributed by atoms with Crippen LogP contribution in [0.15, 0.2) is 12.3 Å². The number of ether oxygens (including phenoxy) is 1. The summed E-state index contributed by atoms with van der Waals surface area (Å²) in [5, 5.41) is 0. The highest BCUT2D eigenvalue weighted by molar-refractivity contribution is 6.16. The van der Waals surface area contributed by atoms with Crippen molar-refractivity contribution in [1.82, 2.24) is 14.5 Å². The molecule has 2 aromatic heterocycles. The van der Waals surface area contributed by atoms with E-state index in [0.717, 1.165) is 42.2 Å². The van der Waals surface area contributed by atoms with Crippen LogP contribution in [0.2, 0.25) is 0 Å². The maximum absolute atomic E-state index is 5.98. The second-order valence-corrected chi connectivity index (χ2v) is 4.62. The molecule has 4 nitrogen and oxygen atoms in total. The second kappa shape index (κ2) is 4.27. The van der Waals surface area contributed by atoms with Crippen LogP contribution in [-0.2, 0) is 10.6 Å². The lowest BCUT2D eigenvalue weighted by Gasteiger charge is -2.13. The molecule has 0 saturated carbocycles. The van der Waals surface area contributed by atoms with Gasteiger partial charge in [0.2, 0.25) is 0 Å². The fourth-order valence-electron chi connectivity index (χ4n) is 2.36. The standard InChI is InChI=1S/C12H14ClN3O/c1-8-2-4-14-12-11(8)15-10(6-13)16(12)9-3-5-17-7-9/h2,4,9H,3,5-7H2,1H3. The second-order valence-electron chi connectivity index (χ2n) is 4.35. The van der Waals surface area contributed by atoms with Crippen molar-refractivity contribution in [2.24, 2.45) is 0 Å². The lowest BCUT2D eigenvalue weighted by Crippen LogP contribution is -2.12. The Morgan fingerprint density at radius 2 is 2.47 bits per heavy atom. The largest absolute Gasteiger partial charge is 0.379 e. The topological polar surface area (TPSA) is 39.9 Å². The molecule has 1 fully saturated rings. The molecule has 1 aliphatic rings. The van der Waals surface area contributed by atoms with E-state index in [1.165, 1.54) is 0 Å². The van der Waals surface area contributed by atoms with Gasteiger partial charge in [0, 0.05) is 12.8 Å². The predicted molar refractivity (Wildman–Crippen MR) is 66.3 cm³/mol. The smallest absolute Gasteiger partial charge is 0.160 e. The number of alkyl halides is 1. The van der Waals surface area contributed by atoms with E-state index in [1.807, 2.05) is 19.2 Å². The summed E-state index contributed by atoms with van der Waals surface area (Å²) in [7, 11) is 0. The Labute approximate surface area is 105 Å². The van der Waals surface area contributed by atoms with Gasteiger partial charge in [-0.2, -0.15) is 0 Å². The minimum absolute atomic E-state index is 0.322. The molecule has 0 N–H and O–H groups in total. The molecule has 1 aliphatic heterocycles. The van der Waals surface area contributed by atoms with E-state index >= 15 is 0 Å². The van der Waals surface area contributed by atoms with E-state index in [9.17, 15) is 0 Å².